The van der Waals surface area contributed by atoms with Gasteiger partial charge in [0.2, 0.25) is 11.8 Å². The maximum atomic E-state index is 14.0. The fourth-order valence-corrected chi connectivity index (χ4v) is 3.06. The topological polar surface area (TPSA) is 32.3 Å². The predicted octanol–water partition coefficient (Wildman–Crippen LogP) is 2.36. The van der Waals surface area contributed by atoms with Crippen molar-refractivity contribution in [1.82, 2.24) is 10.2 Å². The predicted molar refractivity (Wildman–Crippen MR) is 70.4 cm³/mol. The van der Waals surface area contributed by atoms with Gasteiger partial charge in [-0.3, -0.25) is 4.79 Å². The molecule has 20 heavy (non-hydrogen) atoms. The number of carbonyl (C=O) groups is 1. The maximum Gasteiger partial charge on any atom is 0.248 e. The first-order valence-corrected chi connectivity index (χ1v) is 7.16. The zero-order valence-corrected chi connectivity index (χ0v) is 12.3. The van der Waals surface area contributed by atoms with Gasteiger partial charge < -0.3 is 10.2 Å². The first kappa shape index (κ1) is 15.6. The molecule has 0 spiro atoms. The first-order valence-electron chi connectivity index (χ1n) is 7.16. The van der Waals surface area contributed by atoms with Gasteiger partial charge in [0.15, 0.2) is 0 Å². The fourth-order valence-electron chi connectivity index (χ4n) is 3.06. The average molecular weight is 292 g/mol. The Balaban J connectivity index is 1.93. The molecule has 1 aliphatic heterocycles. The van der Waals surface area contributed by atoms with Gasteiger partial charge in [0.05, 0.1) is 12.6 Å². The quantitative estimate of drug-likeness (QED) is 0.847. The van der Waals surface area contributed by atoms with E-state index in [2.05, 4.69) is 5.32 Å². The summed E-state index contributed by atoms with van der Waals surface area (Å²) in [6, 6.07) is -0.416. The Kier molecular flexibility index (Phi) is 4.06. The molecule has 1 saturated heterocycles. The zero-order valence-electron chi connectivity index (χ0n) is 12.3. The molecule has 1 saturated carbocycles. The molecule has 1 N–H and O–H groups in total. The number of alkyl halides is 3. The number of amides is 1. The summed E-state index contributed by atoms with van der Waals surface area (Å²) in [7, 11) is 0. The number of nitrogens with one attached hydrogen (secondary N) is 1. The number of rotatable bonds is 2. The van der Waals surface area contributed by atoms with Gasteiger partial charge >= 0.3 is 0 Å². The minimum absolute atomic E-state index is 0.00858. The van der Waals surface area contributed by atoms with Crippen molar-refractivity contribution in [3.05, 3.63) is 0 Å². The highest BCUT2D eigenvalue weighted by molar-refractivity contribution is 5.79. The van der Waals surface area contributed by atoms with Crippen LogP contribution in [-0.2, 0) is 4.79 Å². The Labute approximate surface area is 117 Å². The van der Waals surface area contributed by atoms with Crippen molar-refractivity contribution >= 4 is 5.91 Å². The van der Waals surface area contributed by atoms with E-state index in [1.165, 1.54) is 4.90 Å². The van der Waals surface area contributed by atoms with Gasteiger partial charge in [-0.25, -0.2) is 13.2 Å². The number of nitrogens with zero attached hydrogens (tertiary/aromatic N) is 1. The third-order valence-corrected chi connectivity index (χ3v) is 3.93. The van der Waals surface area contributed by atoms with Crippen LogP contribution < -0.4 is 5.32 Å². The lowest BCUT2D eigenvalue weighted by Gasteiger charge is -2.27. The molecule has 116 valence electrons. The molecule has 1 amide bonds. The van der Waals surface area contributed by atoms with Crippen molar-refractivity contribution in [3.63, 3.8) is 0 Å². The van der Waals surface area contributed by atoms with Crippen molar-refractivity contribution in [2.24, 2.45) is 5.92 Å². The van der Waals surface area contributed by atoms with E-state index in [0.717, 1.165) is 0 Å². The lowest BCUT2D eigenvalue weighted by molar-refractivity contribution is -0.135. The summed E-state index contributed by atoms with van der Waals surface area (Å²) in [5.41, 5.74) is -0.242. The monoisotopic (exact) mass is 292 g/mol. The number of carbonyl (C=O) groups excluding carboxylic acids is 1. The normalized spacial score (nSPS) is 33.7. The molecular formula is C14H23F3N2O. The van der Waals surface area contributed by atoms with Gasteiger partial charge in [-0.15, -0.1) is 0 Å². The zero-order chi connectivity index (χ0) is 15.1. The van der Waals surface area contributed by atoms with Gasteiger partial charge in [0.25, 0.3) is 0 Å². The van der Waals surface area contributed by atoms with E-state index in [1.807, 2.05) is 20.8 Å². The van der Waals surface area contributed by atoms with Crippen LogP contribution in [0.25, 0.3) is 0 Å². The van der Waals surface area contributed by atoms with E-state index in [1.54, 1.807) is 0 Å². The molecule has 0 radical (unpaired) electrons. The third kappa shape index (κ3) is 3.65. The summed E-state index contributed by atoms with van der Waals surface area (Å²) in [6.45, 7) is 6.07. The fraction of sp³-hybridized carbons (Fsp3) is 0.929. The van der Waals surface area contributed by atoms with E-state index in [-0.39, 0.29) is 37.4 Å². The Bertz CT molecular complexity index is 381. The molecule has 2 fully saturated rings. The molecule has 0 aromatic heterocycles. The Hall–Kier alpha value is -0.780. The summed E-state index contributed by atoms with van der Waals surface area (Å²) >= 11 is 0. The van der Waals surface area contributed by atoms with Crippen LogP contribution in [0.4, 0.5) is 13.2 Å². The van der Waals surface area contributed by atoms with Crippen LogP contribution in [0.3, 0.4) is 0 Å². The first-order chi connectivity index (χ1) is 9.07. The van der Waals surface area contributed by atoms with Crippen molar-refractivity contribution in [2.45, 2.75) is 63.7 Å². The van der Waals surface area contributed by atoms with E-state index >= 15 is 0 Å². The summed E-state index contributed by atoms with van der Waals surface area (Å²) in [5, 5.41) is 3.14. The lowest BCUT2D eigenvalue weighted by atomic mass is 10.1. The summed E-state index contributed by atoms with van der Waals surface area (Å²) in [6.07, 6.45) is -1.56. The van der Waals surface area contributed by atoms with Crippen LogP contribution in [0.1, 0.15) is 40.0 Å². The molecular weight excluding hydrogens is 269 g/mol. The second-order valence-corrected chi connectivity index (χ2v) is 7.06. The van der Waals surface area contributed by atoms with Gasteiger partial charge in [-0.05, 0) is 27.2 Å². The molecule has 3 atom stereocenters. The number of hydrogen-bond donors (Lipinski definition) is 1. The lowest BCUT2D eigenvalue weighted by Crippen LogP contribution is -2.48. The molecule has 0 bridgehead atoms. The number of halogens is 3. The second-order valence-electron chi connectivity index (χ2n) is 7.06. The van der Waals surface area contributed by atoms with Crippen LogP contribution in [0, 0.1) is 5.92 Å². The molecule has 2 rings (SSSR count). The van der Waals surface area contributed by atoms with Gasteiger partial charge in [0.1, 0.15) is 6.17 Å². The molecule has 2 aliphatic rings. The molecule has 1 unspecified atom stereocenters. The Morgan fingerprint density at radius 3 is 2.45 bits per heavy atom. The van der Waals surface area contributed by atoms with Crippen LogP contribution in [0.15, 0.2) is 0 Å². The van der Waals surface area contributed by atoms with E-state index < -0.39 is 30.5 Å². The maximum absolute atomic E-state index is 14.0. The highest BCUT2D eigenvalue weighted by Crippen LogP contribution is 2.40. The van der Waals surface area contributed by atoms with E-state index in [4.69, 9.17) is 0 Å². The van der Waals surface area contributed by atoms with Crippen LogP contribution in [-0.4, -0.2) is 47.6 Å². The number of likely N-dealkylation sites (tertiary alicyclic amines) is 1. The average Bonchev–Trinajstić information content (AvgIpc) is 2.80. The largest absolute Gasteiger partial charge is 0.338 e. The molecule has 3 nitrogen and oxygen atoms in total. The molecule has 6 heteroatoms. The SMILES string of the molecule is CC(C)(C)N[C@@H]1CN(C(=O)C2CCC(F)(F)C2)C[C@@H]1F. The third-order valence-electron chi connectivity index (χ3n) is 3.93. The van der Waals surface area contributed by atoms with E-state index in [9.17, 15) is 18.0 Å². The summed E-state index contributed by atoms with van der Waals surface area (Å²) in [5.74, 6) is -3.70. The molecule has 1 heterocycles. The van der Waals surface area contributed by atoms with Crippen LogP contribution >= 0.6 is 0 Å². The number of hydrogen-bond acceptors (Lipinski definition) is 2. The smallest absolute Gasteiger partial charge is 0.248 e. The van der Waals surface area contributed by atoms with Crippen molar-refractivity contribution in [2.75, 3.05) is 13.1 Å². The molecule has 0 aromatic rings. The summed E-state index contributed by atoms with van der Waals surface area (Å²) < 4.78 is 40.3. The van der Waals surface area contributed by atoms with E-state index in [0.29, 0.717) is 0 Å². The highest BCUT2D eigenvalue weighted by Gasteiger charge is 2.46. The Morgan fingerprint density at radius 1 is 1.30 bits per heavy atom. The van der Waals surface area contributed by atoms with Gasteiger partial charge in [0, 0.05) is 30.8 Å². The minimum Gasteiger partial charge on any atom is -0.338 e. The highest BCUT2D eigenvalue weighted by atomic mass is 19.3. The molecule has 0 aromatic carbocycles. The second kappa shape index (κ2) is 5.20. The van der Waals surface area contributed by atoms with Gasteiger partial charge in [-0.1, -0.05) is 0 Å². The minimum atomic E-state index is -2.74. The van der Waals surface area contributed by atoms with Crippen molar-refractivity contribution < 1.29 is 18.0 Å². The summed E-state index contributed by atoms with van der Waals surface area (Å²) in [4.78, 5) is 13.6. The van der Waals surface area contributed by atoms with Crippen LogP contribution in [0.5, 0.6) is 0 Å². The van der Waals surface area contributed by atoms with Crippen LogP contribution in [0.2, 0.25) is 0 Å². The van der Waals surface area contributed by atoms with Gasteiger partial charge in [-0.2, -0.15) is 0 Å². The molecule has 1 aliphatic carbocycles. The standard InChI is InChI=1S/C14H23F3N2O/c1-13(2,3)18-11-8-19(7-10(11)15)12(20)9-4-5-14(16,17)6-9/h9-11,18H,4-8H2,1-3H3/t9?,10-,11+/m0/s1. The van der Waals surface area contributed by atoms with Crippen molar-refractivity contribution in [3.8, 4) is 0 Å². The van der Waals surface area contributed by atoms with Crippen molar-refractivity contribution in [1.29, 1.82) is 0 Å². The Morgan fingerprint density at radius 2 is 1.95 bits per heavy atom.